The third kappa shape index (κ3) is 2.84. The topological polar surface area (TPSA) is 66.0 Å². The third-order valence-corrected chi connectivity index (χ3v) is 3.73. The number of benzene rings is 1. The molecule has 0 amide bonds. The number of nitrogens with zero attached hydrogens (tertiary/aromatic N) is 4. The lowest BCUT2D eigenvalue weighted by Gasteiger charge is -2.07. The maximum absolute atomic E-state index is 8.86. The summed E-state index contributed by atoms with van der Waals surface area (Å²) in [6.07, 6.45) is 5.36. The minimum atomic E-state index is 0.438. The van der Waals surface area contributed by atoms with Gasteiger partial charge in [0.25, 0.3) is 0 Å². The van der Waals surface area contributed by atoms with Gasteiger partial charge < -0.3 is 5.32 Å². The maximum Gasteiger partial charge on any atom is 0.155 e. The van der Waals surface area contributed by atoms with E-state index >= 15 is 0 Å². The van der Waals surface area contributed by atoms with Crippen molar-refractivity contribution in [2.45, 2.75) is 6.54 Å². The van der Waals surface area contributed by atoms with Crippen LogP contribution in [0.15, 0.2) is 41.4 Å². The first-order valence-electron chi connectivity index (χ1n) is 6.08. The van der Waals surface area contributed by atoms with E-state index in [1.54, 1.807) is 24.5 Å². The molecular formula is C14H9BrClN5. The molecule has 1 aromatic carbocycles. The largest absolute Gasteiger partial charge is 0.379 e. The average molecular weight is 363 g/mol. The molecule has 0 unspecified atom stereocenters. The SMILES string of the molecule is N#Cc1ccc(NCc2cnc3cnc(Br)cn23)cc1Cl. The Hall–Kier alpha value is -2.10. The zero-order valence-electron chi connectivity index (χ0n) is 10.7. The number of imidazole rings is 1. The Bertz CT molecular complexity index is 852. The second kappa shape index (κ2) is 5.72. The smallest absolute Gasteiger partial charge is 0.155 e. The van der Waals surface area contributed by atoms with Gasteiger partial charge in [0.15, 0.2) is 5.65 Å². The van der Waals surface area contributed by atoms with Crippen LogP contribution in [0.3, 0.4) is 0 Å². The monoisotopic (exact) mass is 361 g/mol. The van der Waals surface area contributed by atoms with Crippen LogP contribution in [-0.2, 0) is 6.54 Å². The molecular weight excluding hydrogens is 354 g/mol. The molecule has 5 nitrogen and oxygen atoms in total. The molecule has 104 valence electrons. The number of nitrogens with one attached hydrogen (secondary N) is 1. The number of rotatable bonds is 3. The van der Waals surface area contributed by atoms with E-state index in [1.807, 2.05) is 22.7 Å². The number of nitriles is 1. The van der Waals surface area contributed by atoms with Crippen LogP contribution in [0, 0.1) is 11.3 Å². The molecule has 0 aliphatic carbocycles. The molecule has 3 aromatic rings. The van der Waals surface area contributed by atoms with E-state index in [2.05, 4.69) is 31.2 Å². The predicted molar refractivity (Wildman–Crippen MR) is 84.2 cm³/mol. The van der Waals surface area contributed by atoms with Gasteiger partial charge in [0.05, 0.1) is 35.2 Å². The second-order valence-electron chi connectivity index (χ2n) is 4.35. The van der Waals surface area contributed by atoms with Crippen LogP contribution in [0.2, 0.25) is 5.02 Å². The van der Waals surface area contributed by atoms with Crippen molar-refractivity contribution < 1.29 is 0 Å². The number of aromatic nitrogens is 3. The van der Waals surface area contributed by atoms with Gasteiger partial charge >= 0.3 is 0 Å². The fourth-order valence-corrected chi connectivity index (χ4v) is 2.49. The Kier molecular flexibility index (Phi) is 3.78. The van der Waals surface area contributed by atoms with Gasteiger partial charge in [0, 0.05) is 11.9 Å². The highest BCUT2D eigenvalue weighted by Crippen LogP contribution is 2.21. The van der Waals surface area contributed by atoms with E-state index in [4.69, 9.17) is 16.9 Å². The van der Waals surface area contributed by atoms with Gasteiger partial charge in [-0.05, 0) is 34.1 Å². The number of hydrogen-bond acceptors (Lipinski definition) is 4. The number of hydrogen-bond donors (Lipinski definition) is 1. The molecule has 0 saturated heterocycles. The summed E-state index contributed by atoms with van der Waals surface area (Å²) in [6, 6.07) is 7.29. The van der Waals surface area contributed by atoms with Gasteiger partial charge in [-0.1, -0.05) is 11.6 Å². The quantitative estimate of drug-likeness (QED) is 0.772. The standard InChI is InChI=1S/C14H9BrClN5/c15-13-8-21-11(6-20-14(21)7-19-13)5-18-10-2-1-9(4-17)12(16)3-10/h1-3,6-8,18H,5H2. The minimum absolute atomic E-state index is 0.438. The molecule has 0 bridgehead atoms. The molecule has 2 aromatic heterocycles. The summed E-state index contributed by atoms with van der Waals surface area (Å²) in [4.78, 5) is 8.42. The van der Waals surface area contributed by atoms with Crippen molar-refractivity contribution in [2.75, 3.05) is 5.32 Å². The zero-order valence-corrected chi connectivity index (χ0v) is 13.1. The van der Waals surface area contributed by atoms with E-state index in [-0.39, 0.29) is 0 Å². The van der Waals surface area contributed by atoms with Crippen molar-refractivity contribution in [1.82, 2.24) is 14.4 Å². The first kappa shape index (κ1) is 13.9. The van der Waals surface area contributed by atoms with Crippen molar-refractivity contribution in [2.24, 2.45) is 0 Å². The van der Waals surface area contributed by atoms with Crippen molar-refractivity contribution in [3.8, 4) is 6.07 Å². The highest BCUT2D eigenvalue weighted by Gasteiger charge is 2.05. The lowest BCUT2D eigenvalue weighted by Crippen LogP contribution is -2.03. The van der Waals surface area contributed by atoms with Crippen molar-refractivity contribution >= 4 is 38.9 Å². The van der Waals surface area contributed by atoms with E-state index in [0.29, 0.717) is 17.1 Å². The Morgan fingerprint density at radius 3 is 2.95 bits per heavy atom. The lowest BCUT2D eigenvalue weighted by molar-refractivity contribution is 0.983. The van der Waals surface area contributed by atoms with Crippen molar-refractivity contribution in [3.05, 3.63) is 57.7 Å². The van der Waals surface area contributed by atoms with Gasteiger partial charge in [-0.2, -0.15) is 5.26 Å². The number of fused-ring (bicyclic) bond motifs is 1. The summed E-state index contributed by atoms with van der Waals surface area (Å²) >= 11 is 9.36. The van der Waals surface area contributed by atoms with Gasteiger partial charge in [0.1, 0.15) is 10.7 Å². The van der Waals surface area contributed by atoms with Gasteiger partial charge in [-0.3, -0.25) is 4.40 Å². The summed E-state index contributed by atoms with van der Waals surface area (Å²) in [5.41, 5.74) is 3.09. The molecule has 0 aliphatic heterocycles. The molecule has 7 heteroatoms. The normalized spacial score (nSPS) is 10.5. The molecule has 0 fully saturated rings. The fourth-order valence-electron chi connectivity index (χ4n) is 1.96. The summed E-state index contributed by atoms with van der Waals surface area (Å²) in [6.45, 7) is 0.583. The maximum atomic E-state index is 8.86. The molecule has 1 N–H and O–H groups in total. The van der Waals surface area contributed by atoms with E-state index < -0.39 is 0 Å². The van der Waals surface area contributed by atoms with Crippen LogP contribution in [0.4, 0.5) is 5.69 Å². The lowest BCUT2D eigenvalue weighted by atomic mass is 10.2. The Morgan fingerprint density at radius 2 is 2.19 bits per heavy atom. The van der Waals surface area contributed by atoms with E-state index in [0.717, 1.165) is 21.6 Å². The minimum Gasteiger partial charge on any atom is -0.379 e. The van der Waals surface area contributed by atoms with Crippen LogP contribution in [0.25, 0.3) is 5.65 Å². The van der Waals surface area contributed by atoms with Gasteiger partial charge in [0.2, 0.25) is 0 Å². The van der Waals surface area contributed by atoms with Crippen LogP contribution >= 0.6 is 27.5 Å². The van der Waals surface area contributed by atoms with E-state index in [1.165, 1.54) is 0 Å². The molecule has 2 heterocycles. The molecule has 0 aliphatic rings. The van der Waals surface area contributed by atoms with Gasteiger partial charge in [-0.25, -0.2) is 9.97 Å². The second-order valence-corrected chi connectivity index (χ2v) is 5.57. The summed E-state index contributed by atoms with van der Waals surface area (Å²) < 4.78 is 2.70. The zero-order chi connectivity index (χ0) is 14.8. The summed E-state index contributed by atoms with van der Waals surface area (Å²) in [7, 11) is 0. The first-order chi connectivity index (χ1) is 10.2. The average Bonchev–Trinajstić information content (AvgIpc) is 2.87. The highest BCUT2D eigenvalue weighted by molar-refractivity contribution is 9.10. The van der Waals surface area contributed by atoms with Crippen molar-refractivity contribution in [1.29, 1.82) is 5.26 Å². The van der Waals surface area contributed by atoms with Crippen LogP contribution in [-0.4, -0.2) is 14.4 Å². The number of halogens is 2. The predicted octanol–water partition coefficient (Wildman–Crippen LogP) is 3.63. The van der Waals surface area contributed by atoms with Crippen LogP contribution in [0.1, 0.15) is 11.3 Å². The molecule has 0 saturated carbocycles. The van der Waals surface area contributed by atoms with Crippen molar-refractivity contribution in [3.63, 3.8) is 0 Å². The Labute approximate surface area is 134 Å². The third-order valence-electron chi connectivity index (χ3n) is 3.00. The fraction of sp³-hybridized carbons (Fsp3) is 0.0714. The van der Waals surface area contributed by atoms with Crippen LogP contribution in [0.5, 0.6) is 0 Å². The van der Waals surface area contributed by atoms with Gasteiger partial charge in [-0.15, -0.1) is 0 Å². The summed E-state index contributed by atoms with van der Waals surface area (Å²) in [5.74, 6) is 0. The number of anilines is 1. The Balaban J connectivity index is 1.82. The Morgan fingerprint density at radius 1 is 1.33 bits per heavy atom. The molecule has 0 spiro atoms. The molecule has 21 heavy (non-hydrogen) atoms. The summed E-state index contributed by atoms with van der Waals surface area (Å²) in [5, 5.41) is 12.6. The first-order valence-corrected chi connectivity index (χ1v) is 7.25. The molecule has 0 atom stereocenters. The molecule has 3 rings (SSSR count). The highest BCUT2D eigenvalue weighted by atomic mass is 79.9. The molecule has 0 radical (unpaired) electrons. The van der Waals surface area contributed by atoms with E-state index in [9.17, 15) is 0 Å². The van der Waals surface area contributed by atoms with Crippen LogP contribution < -0.4 is 5.32 Å².